The molecule has 1 atom stereocenters. The molecular formula is C25H33F2N3O2. The first-order chi connectivity index (χ1) is 15.1. The molecule has 0 radical (unpaired) electrons. The normalized spacial score (nSPS) is 15.7. The van der Waals surface area contributed by atoms with Gasteiger partial charge in [0.25, 0.3) is 0 Å². The fraction of sp³-hybridized carbons (Fsp3) is 0.480. The lowest BCUT2D eigenvalue weighted by molar-refractivity contribution is -0.143. The smallest absolute Gasteiger partial charge is 0.307 e. The van der Waals surface area contributed by atoms with Crippen LogP contribution in [-0.2, 0) is 9.53 Å². The number of carbonyl (C=O) groups excluding carboxylic acids is 1. The highest BCUT2D eigenvalue weighted by Crippen LogP contribution is 2.37. The van der Waals surface area contributed by atoms with Crippen molar-refractivity contribution < 1.29 is 18.3 Å². The zero-order valence-corrected chi connectivity index (χ0v) is 19.6. The van der Waals surface area contributed by atoms with Crippen LogP contribution in [0.2, 0.25) is 0 Å². The number of hydrogen-bond acceptors (Lipinski definition) is 5. The minimum Gasteiger partial charge on any atom is -0.466 e. The van der Waals surface area contributed by atoms with E-state index in [0.717, 1.165) is 48.6 Å². The monoisotopic (exact) mass is 445 g/mol. The van der Waals surface area contributed by atoms with Crippen LogP contribution in [0.4, 0.5) is 14.5 Å². The highest BCUT2D eigenvalue weighted by atomic mass is 19.1. The van der Waals surface area contributed by atoms with Gasteiger partial charge in [0.15, 0.2) is 0 Å². The summed E-state index contributed by atoms with van der Waals surface area (Å²) in [5.74, 6) is -2.01. The third-order valence-corrected chi connectivity index (χ3v) is 6.13. The van der Waals surface area contributed by atoms with Gasteiger partial charge in [0.05, 0.1) is 13.0 Å². The van der Waals surface area contributed by atoms with Crippen molar-refractivity contribution in [2.24, 2.45) is 5.73 Å². The first kappa shape index (κ1) is 24.1. The second-order valence-electron chi connectivity index (χ2n) is 8.64. The van der Waals surface area contributed by atoms with Crippen LogP contribution in [0, 0.1) is 32.4 Å². The van der Waals surface area contributed by atoms with Crippen molar-refractivity contribution in [3.05, 3.63) is 52.1 Å². The summed E-state index contributed by atoms with van der Waals surface area (Å²) in [5.41, 5.74) is 10.0. The van der Waals surface area contributed by atoms with Crippen LogP contribution in [0.25, 0.3) is 11.1 Å². The molecule has 0 amide bonds. The van der Waals surface area contributed by atoms with E-state index >= 15 is 4.39 Å². The average Bonchev–Trinajstić information content (AvgIpc) is 2.72. The van der Waals surface area contributed by atoms with Crippen molar-refractivity contribution in [2.75, 3.05) is 44.7 Å². The van der Waals surface area contributed by atoms with Gasteiger partial charge in [-0.3, -0.25) is 4.79 Å². The second kappa shape index (κ2) is 9.96. The van der Waals surface area contributed by atoms with Gasteiger partial charge < -0.3 is 20.3 Å². The highest BCUT2D eigenvalue weighted by molar-refractivity contribution is 5.76. The first-order valence-corrected chi connectivity index (χ1v) is 11.1. The lowest BCUT2D eigenvalue weighted by atomic mass is 9.89. The molecule has 0 spiro atoms. The number of carbonyl (C=O) groups is 1. The van der Waals surface area contributed by atoms with Crippen LogP contribution >= 0.6 is 0 Å². The van der Waals surface area contributed by atoms with Crippen LogP contribution in [-0.4, -0.2) is 50.7 Å². The molecule has 1 fully saturated rings. The molecule has 1 aliphatic heterocycles. The molecule has 7 heteroatoms. The number of nitrogens with zero attached hydrogens (tertiary/aromatic N) is 2. The van der Waals surface area contributed by atoms with E-state index in [4.69, 9.17) is 10.5 Å². The van der Waals surface area contributed by atoms with Crippen LogP contribution in [0.5, 0.6) is 0 Å². The number of hydrogen-bond donors (Lipinski definition) is 1. The van der Waals surface area contributed by atoms with Crippen LogP contribution in [0.1, 0.15) is 41.6 Å². The van der Waals surface area contributed by atoms with Crippen molar-refractivity contribution in [1.82, 2.24) is 4.90 Å². The molecule has 0 bridgehead atoms. The third-order valence-electron chi connectivity index (χ3n) is 6.13. The van der Waals surface area contributed by atoms with E-state index in [-0.39, 0.29) is 24.2 Å². The molecule has 0 saturated carbocycles. The Bertz CT molecular complexity index is 978. The van der Waals surface area contributed by atoms with Gasteiger partial charge in [-0.2, -0.15) is 0 Å². The highest BCUT2D eigenvalue weighted by Gasteiger charge is 2.26. The molecule has 0 aliphatic carbocycles. The molecule has 2 aromatic rings. The number of ether oxygens (including phenoxy) is 1. The summed E-state index contributed by atoms with van der Waals surface area (Å²) in [6, 6.07) is 4.52. The Morgan fingerprint density at radius 3 is 2.19 bits per heavy atom. The van der Waals surface area contributed by atoms with E-state index < -0.39 is 23.6 Å². The molecule has 1 heterocycles. The van der Waals surface area contributed by atoms with Crippen molar-refractivity contribution in [2.45, 2.75) is 40.2 Å². The molecule has 1 saturated heterocycles. The Labute approximate surface area is 189 Å². The minimum absolute atomic E-state index is 0.188. The largest absolute Gasteiger partial charge is 0.466 e. The molecule has 2 N–H and O–H groups in total. The van der Waals surface area contributed by atoms with Gasteiger partial charge >= 0.3 is 5.97 Å². The van der Waals surface area contributed by atoms with Crippen molar-refractivity contribution >= 4 is 11.7 Å². The van der Waals surface area contributed by atoms with E-state index in [1.165, 1.54) is 6.07 Å². The average molecular weight is 446 g/mol. The van der Waals surface area contributed by atoms with Gasteiger partial charge in [-0.25, -0.2) is 8.78 Å². The number of halogens is 2. The number of rotatable bonds is 6. The second-order valence-corrected chi connectivity index (χ2v) is 8.64. The Kier molecular flexibility index (Phi) is 7.51. The maximum absolute atomic E-state index is 15.7. The third kappa shape index (κ3) is 4.94. The Morgan fingerprint density at radius 1 is 1.03 bits per heavy atom. The summed E-state index contributed by atoms with van der Waals surface area (Å²) in [5, 5.41) is 0. The molecule has 32 heavy (non-hydrogen) atoms. The van der Waals surface area contributed by atoms with Crippen molar-refractivity contribution in [3.8, 4) is 11.1 Å². The molecule has 2 aromatic carbocycles. The van der Waals surface area contributed by atoms with Gasteiger partial charge in [0.2, 0.25) is 0 Å². The number of nitrogens with two attached hydrogens (primary N) is 1. The zero-order valence-electron chi connectivity index (χ0n) is 19.6. The number of piperazine rings is 1. The molecule has 0 aromatic heterocycles. The SMILES string of the molecule is CCOC(=O)C[C@H](N)c1c(F)c(C)cc(-c2c(C)cc(N3CCN(C)CC3)cc2C)c1F. The predicted octanol–water partition coefficient (Wildman–Crippen LogP) is 4.26. The number of anilines is 1. The molecule has 3 rings (SSSR count). The number of aryl methyl sites for hydroxylation is 3. The Balaban J connectivity index is 2.02. The predicted molar refractivity (Wildman–Crippen MR) is 124 cm³/mol. The fourth-order valence-electron chi connectivity index (χ4n) is 4.42. The summed E-state index contributed by atoms with van der Waals surface area (Å²) >= 11 is 0. The molecule has 1 aliphatic rings. The van der Waals surface area contributed by atoms with Crippen molar-refractivity contribution in [3.63, 3.8) is 0 Å². The van der Waals surface area contributed by atoms with E-state index in [1.807, 2.05) is 13.8 Å². The number of benzene rings is 2. The lowest BCUT2D eigenvalue weighted by Gasteiger charge is -2.34. The standard InChI is InChI=1S/C25H33F2N3O2/c1-6-32-21(31)14-20(28)23-24(26)17(4)13-19(25(23)27)22-15(2)11-18(12-16(22)3)30-9-7-29(5)8-10-30/h11-13,20H,6-10,14,28H2,1-5H3/t20-/m0/s1. The topological polar surface area (TPSA) is 58.8 Å². The van der Waals surface area contributed by atoms with Crippen LogP contribution < -0.4 is 10.6 Å². The molecule has 174 valence electrons. The maximum Gasteiger partial charge on any atom is 0.307 e. The van der Waals surface area contributed by atoms with E-state index in [2.05, 4.69) is 29.0 Å². The molecular weight excluding hydrogens is 412 g/mol. The minimum atomic E-state index is -1.13. The summed E-state index contributed by atoms with van der Waals surface area (Å²) in [6.45, 7) is 11.2. The lowest BCUT2D eigenvalue weighted by Crippen LogP contribution is -2.44. The Morgan fingerprint density at radius 2 is 1.62 bits per heavy atom. The van der Waals surface area contributed by atoms with Gasteiger partial charge in [0, 0.05) is 49.0 Å². The van der Waals surface area contributed by atoms with E-state index in [1.54, 1.807) is 13.8 Å². The van der Waals surface area contributed by atoms with Gasteiger partial charge in [-0.1, -0.05) is 0 Å². The van der Waals surface area contributed by atoms with Gasteiger partial charge in [0.1, 0.15) is 11.6 Å². The van der Waals surface area contributed by atoms with Crippen molar-refractivity contribution in [1.29, 1.82) is 0 Å². The summed E-state index contributed by atoms with van der Waals surface area (Å²) in [7, 11) is 2.11. The quantitative estimate of drug-likeness (QED) is 0.674. The Hall–Kier alpha value is -2.51. The summed E-state index contributed by atoms with van der Waals surface area (Å²) in [6.07, 6.45) is -0.287. The number of esters is 1. The summed E-state index contributed by atoms with van der Waals surface area (Å²) < 4.78 is 35.5. The van der Waals surface area contributed by atoms with E-state index in [0.29, 0.717) is 5.56 Å². The first-order valence-electron chi connectivity index (χ1n) is 11.1. The molecule has 5 nitrogen and oxygen atoms in total. The summed E-state index contributed by atoms with van der Waals surface area (Å²) in [4.78, 5) is 16.5. The van der Waals surface area contributed by atoms with Crippen LogP contribution in [0.3, 0.4) is 0 Å². The molecule has 0 unspecified atom stereocenters. The number of likely N-dealkylation sites (N-methyl/N-ethyl adjacent to an activating group) is 1. The van der Waals surface area contributed by atoms with Gasteiger partial charge in [-0.05, 0) is 75.2 Å². The van der Waals surface area contributed by atoms with E-state index in [9.17, 15) is 9.18 Å². The zero-order chi connectivity index (χ0) is 23.6. The maximum atomic E-state index is 15.7. The van der Waals surface area contributed by atoms with Crippen LogP contribution in [0.15, 0.2) is 18.2 Å². The van der Waals surface area contributed by atoms with Gasteiger partial charge in [-0.15, -0.1) is 0 Å². The fourth-order valence-corrected chi connectivity index (χ4v) is 4.42.